The molecule has 2 heterocycles. The quantitative estimate of drug-likeness (QED) is 0.843. The van der Waals surface area contributed by atoms with Crippen LogP contribution in [-0.4, -0.2) is 61.0 Å². The van der Waals surface area contributed by atoms with Crippen molar-refractivity contribution in [2.75, 3.05) is 44.6 Å². The van der Waals surface area contributed by atoms with Crippen LogP contribution in [0.25, 0.3) is 0 Å². The maximum Gasteiger partial charge on any atom is 0.319 e. The lowest BCUT2D eigenvalue weighted by Crippen LogP contribution is -2.50. The first-order chi connectivity index (χ1) is 12.6. The van der Waals surface area contributed by atoms with E-state index in [-0.39, 0.29) is 17.8 Å². The van der Waals surface area contributed by atoms with Crippen molar-refractivity contribution in [3.63, 3.8) is 0 Å². The predicted octanol–water partition coefficient (Wildman–Crippen LogP) is 2.47. The van der Waals surface area contributed by atoms with Crippen molar-refractivity contribution in [3.8, 4) is 0 Å². The number of urea groups is 1. The van der Waals surface area contributed by atoms with Gasteiger partial charge in [0.15, 0.2) is 0 Å². The van der Waals surface area contributed by atoms with Gasteiger partial charge in [-0.2, -0.15) is 0 Å². The van der Waals surface area contributed by atoms with Crippen LogP contribution in [0, 0.1) is 5.82 Å². The van der Waals surface area contributed by atoms with Crippen LogP contribution >= 0.6 is 11.3 Å². The summed E-state index contributed by atoms with van der Waals surface area (Å²) in [4.78, 5) is 29.0. The minimum atomic E-state index is -0.340. The molecule has 1 aromatic carbocycles. The Morgan fingerprint density at radius 1 is 1.08 bits per heavy atom. The van der Waals surface area contributed by atoms with Crippen molar-refractivity contribution in [2.45, 2.75) is 0 Å². The van der Waals surface area contributed by atoms with Gasteiger partial charge >= 0.3 is 6.03 Å². The number of nitrogens with one attached hydrogen (secondary N) is 2. The summed E-state index contributed by atoms with van der Waals surface area (Å²) >= 11 is 1.46. The molecule has 138 valence electrons. The number of hydrogen-bond donors (Lipinski definition) is 2. The lowest BCUT2D eigenvalue weighted by atomic mass is 10.3. The van der Waals surface area contributed by atoms with E-state index in [9.17, 15) is 14.0 Å². The summed E-state index contributed by atoms with van der Waals surface area (Å²) in [6.07, 6.45) is 0. The maximum atomic E-state index is 12.8. The zero-order chi connectivity index (χ0) is 18.4. The standard InChI is InChI=1S/C18H21FN4O2S/c19-14-3-5-15(6-4-14)21-18(25)20-7-8-22-9-11-23(12-10-22)17(24)16-2-1-13-26-16/h1-6,13H,7-12H2,(H2,20,21,25). The average Bonchev–Trinajstić information content (AvgIpc) is 3.18. The average molecular weight is 376 g/mol. The number of thiophene rings is 1. The van der Waals surface area contributed by atoms with Crippen molar-refractivity contribution in [2.24, 2.45) is 0 Å². The van der Waals surface area contributed by atoms with E-state index in [1.807, 2.05) is 22.4 Å². The summed E-state index contributed by atoms with van der Waals surface area (Å²) in [6, 6.07) is 9.04. The minimum absolute atomic E-state index is 0.0939. The molecule has 3 amide bonds. The number of amides is 3. The van der Waals surface area contributed by atoms with Crippen LogP contribution < -0.4 is 10.6 Å². The Balaban J connectivity index is 1.34. The lowest BCUT2D eigenvalue weighted by molar-refractivity contribution is 0.0644. The zero-order valence-electron chi connectivity index (χ0n) is 14.3. The van der Waals surface area contributed by atoms with Crippen LogP contribution in [-0.2, 0) is 0 Å². The third-order valence-corrected chi connectivity index (χ3v) is 5.06. The molecule has 1 aromatic heterocycles. The molecule has 0 radical (unpaired) electrons. The number of benzene rings is 1. The number of anilines is 1. The molecule has 0 atom stereocenters. The molecule has 0 unspecified atom stereocenters. The van der Waals surface area contributed by atoms with Crippen LogP contribution in [0.2, 0.25) is 0 Å². The first kappa shape index (κ1) is 18.3. The van der Waals surface area contributed by atoms with Crippen molar-refractivity contribution in [1.29, 1.82) is 0 Å². The van der Waals surface area contributed by atoms with Gasteiger partial charge in [-0.1, -0.05) is 6.07 Å². The molecule has 0 spiro atoms. The van der Waals surface area contributed by atoms with Crippen LogP contribution in [0.5, 0.6) is 0 Å². The fraction of sp³-hybridized carbons (Fsp3) is 0.333. The highest BCUT2D eigenvalue weighted by Crippen LogP contribution is 2.13. The van der Waals surface area contributed by atoms with Crippen molar-refractivity contribution >= 4 is 29.0 Å². The lowest BCUT2D eigenvalue weighted by Gasteiger charge is -2.34. The second kappa shape index (κ2) is 8.77. The Labute approximate surface area is 155 Å². The molecular weight excluding hydrogens is 355 g/mol. The first-order valence-electron chi connectivity index (χ1n) is 8.47. The van der Waals surface area contributed by atoms with Gasteiger partial charge in [-0.25, -0.2) is 9.18 Å². The first-order valence-corrected chi connectivity index (χ1v) is 9.35. The number of piperazine rings is 1. The van der Waals surface area contributed by atoms with Gasteiger partial charge in [-0.05, 0) is 35.7 Å². The molecule has 26 heavy (non-hydrogen) atoms. The van der Waals surface area contributed by atoms with Crippen LogP contribution in [0.3, 0.4) is 0 Å². The second-order valence-electron chi connectivity index (χ2n) is 6.00. The Morgan fingerprint density at radius 2 is 1.81 bits per heavy atom. The second-order valence-corrected chi connectivity index (χ2v) is 6.95. The van der Waals surface area contributed by atoms with Gasteiger partial charge in [0.25, 0.3) is 5.91 Å². The van der Waals surface area contributed by atoms with E-state index >= 15 is 0 Å². The van der Waals surface area contributed by atoms with E-state index < -0.39 is 0 Å². The Hall–Kier alpha value is -2.45. The van der Waals surface area contributed by atoms with Gasteiger partial charge < -0.3 is 15.5 Å². The summed E-state index contributed by atoms with van der Waals surface area (Å²) in [6.45, 7) is 4.19. The summed E-state index contributed by atoms with van der Waals surface area (Å²) in [5.41, 5.74) is 0.546. The smallest absolute Gasteiger partial charge is 0.319 e. The molecule has 0 saturated carbocycles. The normalized spacial score (nSPS) is 14.9. The molecule has 0 bridgehead atoms. The van der Waals surface area contributed by atoms with Crippen molar-refractivity contribution < 1.29 is 14.0 Å². The molecule has 1 fully saturated rings. The summed E-state index contributed by atoms with van der Waals surface area (Å²) in [7, 11) is 0. The number of rotatable bonds is 5. The van der Waals surface area contributed by atoms with Gasteiger partial charge in [0.2, 0.25) is 0 Å². The van der Waals surface area contributed by atoms with E-state index in [0.717, 1.165) is 24.5 Å². The molecule has 3 rings (SSSR count). The molecule has 0 aliphatic carbocycles. The van der Waals surface area contributed by atoms with Gasteiger partial charge in [-0.15, -0.1) is 11.3 Å². The van der Waals surface area contributed by atoms with Gasteiger partial charge in [0.05, 0.1) is 4.88 Å². The highest BCUT2D eigenvalue weighted by Gasteiger charge is 2.22. The third kappa shape index (κ3) is 5.03. The number of nitrogens with zero attached hydrogens (tertiary/aromatic N) is 2. The molecule has 2 aromatic rings. The Bertz CT molecular complexity index is 728. The maximum absolute atomic E-state index is 12.8. The van der Waals surface area contributed by atoms with Crippen LogP contribution in [0.1, 0.15) is 9.67 Å². The fourth-order valence-electron chi connectivity index (χ4n) is 2.77. The monoisotopic (exact) mass is 376 g/mol. The van der Waals surface area contributed by atoms with Gasteiger partial charge in [-0.3, -0.25) is 9.69 Å². The van der Waals surface area contributed by atoms with Crippen LogP contribution in [0.4, 0.5) is 14.9 Å². The molecular formula is C18H21FN4O2S. The summed E-state index contributed by atoms with van der Waals surface area (Å²) < 4.78 is 12.8. The molecule has 1 saturated heterocycles. The zero-order valence-corrected chi connectivity index (χ0v) is 15.1. The van der Waals surface area contributed by atoms with E-state index in [2.05, 4.69) is 15.5 Å². The van der Waals surface area contributed by atoms with E-state index in [1.54, 1.807) is 0 Å². The fourth-order valence-corrected chi connectivity index (χ4v) is 3.46. The Kier molecular flexibility index (Phi) is 6.19. The number of hydrogen-bond acceptors (Lipinski definition) is 4. The Morgan fingerprint density at radius 3 is 2.46 bits per heavy atom. The molecule has 8 heteroatoms. The molecule has 6 nitrogen and oxygen atoms in total. The predicted molar refractivity (Wildman–Crippen MR) is 100 cm³/mol. The summed E-state index contributed by atoms with van der Waals surface area (Å²) in [5, 5.41) is 7.35. The topological polar surface area (TPSA) is 64.7 Å². The number of carbonyl (C=O) groups is 2. The highest BCUT2D eigenvalue weighted by atomic mass is 32.1. The SMILES string of the molecule is O=C(NCCN1CCN(C(=O)c2cccs2)CC1)Nc1ccc(F)cc1. The van der Waals surface area contributed by atoms with Crippen molar-refractivity contribution in [3.05, 3.63) is 52.5 Å². The minimum Gasteiger partial charge on any atom is -0.337 e. The van der Waals surface area contributed by atoms with E-state index in [4.69, 9.17) is 0 Å². The number of carbonyl (C=O) groups excluding carboxylic acids is 2. The largest absolute Gasteiger partial charge is 0.337 e. The molecule has 1 aliphatic heterocycles. The molecule has 2 N–H and O–H groups in total. The molecule has 1 aliphatic rings. The van der Waals surface area contributed by atoms with Gasteiger partial charge in [0.1, 0.15) is 5.82 Å². The highest BCUT2D eigenvalue weighted by molar-refractivity contribution is 7.12. The third-order valence-electron chi connectivity index (χ3n) is 4.21. The summed E-state index contributed by atoms with van der Waals surface area (Å²) in [5.74, 6) is -0.246. The van der Waals surface area contributed by atoms with E-state index in [1.165, 1.54) is 35.6 Å². The van der Waals surface area contributed by atoms with Crippen LogP contribution in [0.15, 0.2) is 41.8 Å². The number of halogens is 1. The van der Waals surface area contributed by atoms with E-state index in [0.29, 0.717) is 25.3 Å². The van der Waals surface area contributed by atoms with Crippen molar-refractivity contribution in [1.82, 2.24) is 15.1 Å². The van der Waals surface area contributed by atoms with Gasteiger partial charge in [0, 0.05) is 45.0 Å².